The number of aryl methyl sites for hydroxylation is 2. The van der Waals surface area contributed by atoms with Crippen LogP contribution in [-0.4, -0.2) is 33.6 Å². The molecule has 1 aliphatic rings. The zero-order valence-corrected chi connectivity index (χ0v) is 14.1. The Morgan fingerprint density at radius 3 is 2.55 bits per heavy atom. The fourth-order valence-electron chi connectivity index (χ4n) is 2.71. The van der Waals surface area contributed by atoms with Crippen LogP contribution in [0.2, 0.25) is 0 Å². The summed E-state index contributed by atoms with van der Waals surface area (Å²) in [6, 6.07) is 0. The Labute approximate surface area is 129 Å². The highest BCUT2D eigenvalue weighted by Gasteiger charge is 2.33. The van der Waals surface area contributed by atoms with Gasteiger partial charge < -0.3 is 5.73 Å². The van der Waals surface area contributed by atoms with E-state index in [9.17, 15) is 0 Å². The Morgan fingerprint density at radius 1 is 1.45 bits per heavy atom. The fraction of sp³-hybridized carbons (Fsp3) is 0.714. The lowest BCUT2D eigenvalue weighted by Crippen LogP contribution is -2.45. The number of halogens is 1. The number of likely N-dealkylation sites (tertiary alicyclic amines) is 1. The normalized spacial score (nSPS) is 19.2. The maximum atomic E-state index is 7.71. The molecule has 0 unspecified atom stereocenters. The molecule has 0 aliphatic carbocycles. The highest BCUT2D eigenvalue weighted by molar-refractivity contribution is 9.10. The largest absolute Gasteiger partial charge is 0.387 e. The van der Waals surface area contributed by atoms with Crippen molar-refractivity contribution < 1.29 is 0 Å². The van der Waals surface area contributed by atoms with E-state index in [2.05, 4.69) is 44.5 Å². The van der Waals surface area contributed by atoms with Crippen molar-refractivity contribution in [3.63, 3.8) is 0 Å². The maximum Gasteiger partial charge on any atom is 0.0966 e. The predicted octanol–water partition coefficient (Wildman–Crippen LogP) is 2.51. The molecule has 1 aromatic rings. The van der Waals surface area contributed by atoms with Crippen molar-refractivity contribution >= 4 is 21.8 Å². The number of hydrogen-bond acceptors (Lipinski definition) is 3. The van der Waals surface area contributed by atoms with Crippen LogP contribution in [0, 0.1) is 17.7 Å². The van der Waals surface area contributed by atoms with E-state index in [1.54, 1.807) is 0 Å². The Hall–Kier alpha value is -0.880. The van der Waals surface area contributed by atoms with Gasteiger partial charge in [0.1, 0.15) is 0 Å². The Kier molecular flexibility index (Phi) is 4.54. The molecule has 2 heterocycles. The molecule has 1 saturated heterocycles. The fourth-order valence-corrected chi connectivity index (χ4v) is 3.12. The minimum Gasteiger partial charge on any atom is -0.387 e. The zero-order valence-electron chi connectivity index (χ0n) is 12.5. The number of nitrogens with two attached hydrogens (primary N) is 1. The summed E-state index contributed by atoms with van der Waals surface area (Å²) < 4.78 is 3.19. The Morgan fingerprint density at radius 2 is 2.05 bits per heavy atom. The first-order chi connectivity index (χ1) is 9.37. The summed E-state index contributed by atoms with van der Waals surface area (Å²) in [6.45, 7) is 10.0. The summed E-state index contributed by atoms with van der Waals surface area (Å²) in [5.74, 6) is 0.327. The van der Waals surface area contributed by atoms with Crippen molar-refractivity contribution in [3.05, 3.63) is 15.9 Å². The molecule has 20 heavy (non-hydrogen) atoms. The van der Waals surface area contributed by atoms with Gasteiger partial charge in [-0.3, -0.25) is 15.0 Å². The standard InChI is InChI=1S/C14H24BrN5/c1-4-20-11(12(15)10(2)18-20)9-19-7-5-14(3,6-8-19)13(16)17/h4-9H2,1-3H3,(H3,16,17). The monoisotopic (exact) mass is 341 g/mol. The van der Waals surface area contributed by atoms with Crippen LogP contribution >= 0.6 is 15.9 Å². The minimum absolute atomic E-state index is 0.116. The highest BCUT2D eigenvalue weighted by Crippen LogP contribution is 2.32. The molecule has 1 fully saturated rings. The average molecular weight is 342 g/mol. The van der Waals surface area contributed by atoms with E-state index < -0.39 is 0 Å². The molecular weight excluding hydrogens is 318 g/mol. The quantitative estimate of drug-likeness (QED) is 0.652. The molecule has 0 aromatic carbocycles. The molecule has 0 amide bonds. The summed E-state index contributed by atoms with van der Waals surface area (Å²) in [5, 5.41) is 12.3. The predicted molar refractivity (Wildman–Crippen MR) is 84.9 cm³/mol. The molecule has 3 N–H and O–H groups in total. The lowest BCUT2D eigenvalue weighted by atomic mass is 9.79. The van der Waals surface area contributed by atoms with Crippen LogP contribution in [-0.2, 0) is 13.1 Å². The molecule has 1 aromatic heterocycles. The van der Waals surface area contributed by atoms with Crippen LogP contribution in [0.15, 0.2) is 4.47 Å². The molecule has 0 bridgehead atoms. The van der Waals surface area contributed by atoms with E-state index >= 15 is 0 Å². The second-order valence-electron chi connectivity index (χ2n) is 5.91. The van der Waals surface area contributed by atoms with Gasteiger partial charge in [-0.05, 0) is 55.7 Å². The molecular formula is C14H24BrN5. The second kappa shape index (κ2) is 5.85. The van der Waals surface area contributed by atoms with Gasteiger partial charge in [0.15, 0.2) is 0 Å². The molecule has 112 valence electrons. The summed E-state index contributed by atoms with van der Waals surface area (Å²) in [4.78, 5) is 2.43. The van der Waals surface area contributed by atoms with Crippen molar-refractivity contribution in [1.29, 1.82) is 5.41 Å². The summed E-state index contributed by atoms with van der Waals surface area (Å²) in [7, 11) is 0. The van der Waals surface area contributed by atoms with Gasteiger partial charge in [-0.25, -0.2) is 0 Å². The number of nitrogens with zero attached hydrogens (tertiary/aromatic N) is 3. The van der Waals surface area contributed by atoms with E-state index in [0.29, 0.717) is 5.84 Å². The van der Waals surface area contributed by atoms with Gasteiger partial charge in [-0.2, -0.15) is 5.10 Å². The SMILES string of the molecule is CCn1nc(C)c(Br)c1CN1CCC(C)(C(=N)N)CC1. The van der Waals surface area contributed by atoms with E-state index in [1.807, 2.05) is 6.92 Å². The third-order valence-electron chi connectivity index (χ3n) is 4.44. The van der Waals surface area contributed by atoms with Crippen LogP contribution in [0.25, 0.3) is 0 Å². The first-order valence-electron chi connectivity index (χ1n) is 7.16. The van der Waals surface area contributed by atoms with Crippen LogP contribution in [0.3, 0.4) is 0 Å². The smallest absolute Gasteiger partial charge is 0.0966 e. The van der Waals surface area contributed by atoms with Crippen LogP contribution in [0.4, 0.5) is 0 Å². The molecule has 0 saturated carbocycles. The van der Waals surface area contributed by atoms with Gasteiger partial charge in [0.2, 0.25) is 0 Å². The van der Waals surface area contributed by atoms with Gasteiger partial charge in [-0.1, -0.05) is 6.92 Å². The number of hydrogen-bond donors (Lipinski definition) is 2. The van der Waals surface area contributed by atoms with Gasteiger partial charge in [0.05, 0.1) is 21.7 Å². The van der Waals surface area contributed by atoms with E-state index in [-0.39, 0.29) is 5.41 Å². The molecule has 5 nitrogen and oxygen atoms in total. The molecule has 0 atom stereocenters. The van der Waals surface area contributed by atoms with Crippen LogP contribution in [0.1, 0.15) is 38.1 Å². The van der Waals surface area contributed by atoms with Crippen molar-refractivity contribution in [1.82, 2.24) is 14.7 Å². The van der Waals surface area contributed by atoms with Gasteiger partial charge in [-0.15, -0.1) is 0 Å². The van der Waals surface area contributed by atoms with Crippen molar-refractivity contribution in [2.45, 2.75) is 46.7 Å². The first kappa shape index (κ1) is 15.5. The number of nitrogens with one attached hydrogen (secondary N) is 1. The van der Waals surface area contributed by atoms with Gasteiger partial charge >= 0.3 is 0 Å². The van der Waals surface area contributed by atoms with Crippen LogP contribution in [0.5, 0.6) is 0 Å². The maximum absolute atomic E-state index is 7.71. The topological polar surface area (TPSA) is 70.9 Å². The third kappa shape index (κ3) is 2.91. The van der Waals surface area contributed by atoms with Gasteiger partial charge in [0, 0.05) is 18.5 Å². The molecule has 0 radical (unpaired) electrons. The minimum atomic E-state index is -0.116. The Balaban J connectivity index is 2.05. The highest BCUT2D eigenvalue weighted by atomic mass is 79.9. The number of aromatic nitrogens is 2. The van der Waals surface area contributed by atoms with Crippen molar-refractivity contribution in [3.8, 4) is 0 Å². The van der Waals surface area contributed by atoms with Crippen molar-refractivity contribution in [2.24, 2.45) is 11.1 Å². The number of piperidine rings is 1. The summed E-state index contributed by atoms with van der Waals surface area (Å²) in [5.41, 5.74) is 7.89. The van der Waals surface area contributed by atoms with E-state index in [0.717, 1.165) is 49.2 Å². The molecule has 2 rings (SSSR count). The molecule has 1 aliphatic heterocycles. The van der Waals surface area contributed by atoms with Crippen LogP contribution < -0.4 is 5.73 Å². The number of rotatable bonds is 4. The molecule has 0 spiro atoms. The van der Waals surface area contributed by atoms with Crippen molar-refractivity contribution in [2.75, 3.05) is 13.1 Å². The van der Waals surface area contributed by atoms with Gasteiger partial charge in [0.25, 0.3) is 0 Å². The lowest BCUT2D eigenvalue weighted by Gasteiger charge is -2.38. The third-order valence-corrected chi connectivity index (χ3v) is 5.47. The zero-order chi connectivity index (χ0) is 14.9. The lowest BCUT2D eigenvalue weighted by molar-refractivity contribution is 0.152. The van der Waals surface area contributed by atoms with E-state index in [4.69, 9.17) is 11.1 Å². The Bertz CT molecular complexity index is 500. The summed E-state index contributed by atoms with van der Waals surface area (Å²) >= 11 is 3.65. The number of amidine groups is 1. The first-order valence-corrected chi connectivity index (χ1v) is 7.95. The average Bonchev–Trinajstić information content (AvgIpc) is 2.69. The molecule has 6 heteroatoms. The second-order valence-corrected chi connectivity index (χ2v) is 6.71. The van der Waals surface area contributed by atoms with E-state index in [1.165, 1.54) is 5.69 Å². The summed E-state index contributed by atoms with van der Waals surface area (Å²) in [6.07, 6.45) is 1.92.